The van der Waals surface area contributed by atoms with Crippen molar-refractivity contribution in [3.63, 3.8) is 0 Å². The minimum absolute atomic E-state index is 0.0770. The van der Waals surface area contributed by atoms with E-state index in [0.717, 1.165) is 30.4 Å². The van der Waals surface area contributed by atoms with E-state index in [0.29, 0.717) is 6.42 Å². The molecular weight excluding hydrogens is 192 g/mol. The highest BCUT2D eigenvalue weighted by Crippen LogP contribution is 2.34. The molecule has 0 spiro atoms. The zero-order valence-electron chi connectivity index (χ0n) is 9.38. The highest BCUT2D eigenvalue weighted by Gasteiger charge is 2.24. The Morgan fingerprint density at radius 3 is 2.60 bits per heavy atom. The van der Waals surface area contributed by atoms with E-state index >= 15 is 0 Å². The summed E-state index contributed by atoms with van der Waals surface area (Å²) in [4.78, 5) is 22.2. The lowest BCUT2D eigenvalue weighted by Gasteiger charge is -2.13. The second kappa shape index (κ2) is 5.10. The SMILES string of the molecule is CCC(=O)C(C)C1=C(CC(=O)O)CCC1. The Bertz CT molecular complexity index is 302. The predicted octanol–water partition coefficient (Wildman–Crippen LogP) is 2.56. The fourth-order valence-electron chi connectivity index (χ4n) is 2.24. The van der Waals surface area contributed by atoms with Gasteiger partial charge in [0.05, 0.1) is 6.42 Å². The Kier molecular flexibility index (Phi) is 4.06. The third-order valence-corrected chi connectivity index (χ3v) is 3.10. The standard InChI is InChI=1S/C12H18O3/c1-3-11(13)8(2)10-6-4-5-9(10)7-12(14)15/h8H,3-7H2,1-2H3,(H,14,15). The Balaban J connectivity index is 2.80. The smallest absolute Gasteiger partial charge is 0.307 e. The minimum atomic E-state index is -0.791. The Hall–Kier alpha value is -1.12. The Morgan fingerprint density at radius 1 is 1.40 bits per heavy atom. The summed E-state index contributed by atoms with van der Waals surface area (Å²) in [5, 5.41) is 8.75. The number of hydrogen-bond donors (Lipinski definition) is 1. The van der Waals surface area contributed by atoms with E-state index in [1.165, 1.54) is 0 Å². The molecule has 0 saturated heterocycles. The van der Waals surface area contributed by atoms with Crippen LogP contribution in [0.25, 0.3) is 0 Å². The molecule has 0 aromatic carbocycles. The summed E-state index contributed by atoms with van der Waals surface area (Å²) >= 11 is 0. The largest absolute Gasteiger partial charge is 0.481 e. The van der Waals surface area contributed by atoms with Gasteiger partial charge in [0.15, 0.2) is 0 Å². The lowest BCUT2D eigenvalue weighted by atomic mass is 9.91. The van der Waals surface area contributed by atoms with Crippen molar-refractivity contribution < 1.29 is 14.7 Å². The van der Waals surface area contributed by atoms with Gasteiger partial charge in [-0.2, -0.15) is 0 Å². The number of carbonyl (C=O) groups excluding carboxylic acids is 1. The molecule has 3 nitrogen and oxygen atoms in total. The second-order valence-corrected chi connectivity index (χ2v) is 4.09. The quantitative estimate of drug-likeness (QED) is 0.709. The second-order valence-electron chi connectivity index (χ2n) is 4.09. The maximum Gasteiger partial charge on any atom is 0.307 e. The van der Waals surface area contributed by atoms with Gasteiger partial charge in [0.1, 0.15) is 5.78 Å². The van der Waals surface area contributed by atoms with Crippen LogP contribution < -0.4 is 0 Å². The first kappa shape index (κ1) is 12.0. The molecule has 0 aliphatic heterocycles. The molecule has 1 unspecified atom stereocenters. The fraction of sp³-hybridized carbons (Fsp3) is 0.667. The van der Waals surface area contributed by atoms with E-state index in [9.17, 15) is 9.59 Å². The Labute approximate surface area is 90.2 Å². The average molecular weight is 210 g/mol. The van der Waals surface area contributed by atoms with Crippen molar-refractivity contribution >= 4 is 11.8 Å². The topological polar surface area (TPSA) is 54.4 Å². The van der Waals surface area contributed by atoms with Crippen LogP contribution in [-0.4, -0.2) is 16.9 Å². The van der Waals surface area contributed by atoms with Crippen LogP contribution >= 0.6 is 0 Å². The third kappa shape index (κ3) is 2.91. The maximum atomic E-state index is 11.5. The molecule has 0 bridgehead atoms. The molecule has 1 N–H and O–H groups in total. The maximum absolute atomic E-state index is 11.5. The lowest BCUT2D eigenvalue weighted by molar-refractivity contribution is -0.136. The van der Waals surface area contributed by atoms with Crippen molar-refractivity contribution in [2.45, 2.75) is 46.0 Å². The van der Waals surface area contributed by atoms with E-state index in [1.807, 2.05) is 13.8 Å². The summed E-state index contributed by atoms with van der Waals surface area (Å²) < 4.78 is 0. The number of ketones is 1. The van der Waals surface area contributed by atoms with E-state index < -0.39 is 5.97 Å². The summed E-state index contributed by atoms with van der Waals surface area (Å²) in [6.07, 6.45) is 3.39. The van der Waals surface area contributed by atoms with Gasteiger partial charge in [0.2, 0.25) is 0 Å². The van der Waals surface area contributed by atoms with E-state index in [4.69, 9.17) is 5.11 Å². The van der Waals surface area contributed by atoms with Crippen LogP contribution in [0.15, 0.2) is 11.1 Å². The van der Waals surface area contributed by atoms with Gasteiger partial charge in [0, 0.05) is 12.3 Å². The van der Waals surface area contributed by atoms with Crippen LogP contribution in [0.3, 0.4) is 0 Å². The van der Waals surface area contributed by atoms with Crippen LogP contribution in [-0.2, 0) is 9.59 Å². The van der Waals surface area contributed by atoms with Gasteiger partial charge >= 0.3 is 5.97 Å². The molecule has 3 heteroatoms. The van der Waals surface area contributed by atoms with Crippen molar-refractivity contribution in [2.75, 3.05) is 0 Å². The Morgan fingerprint density at radius 2 is 2.07 bits per heavy atom. The van der Waals surface area contributed by atoms with Crippen LogP contribution in [0.5, 0.6) is 0 Å². The molecule has 0 heterocycles. The summed E-state index contributed by atoms with van der Waals surface area (Å²) in [5.41, 5.74) is 2.07. The van der Waals surface area contributed by atoms with E-state index in [1.54, 1.807) is 0 Å². The molecule has 0 fully saturated rings. The number of hydrogen-bond acceptors (Lipinski definition) is 2. The predicted molar refractivity (Wildman–Crippen MR) is 57.6 cm³/mol. The van der Waals surface area contributed by atoms with Crippen molar-refractivity contribution in [1.29, 1.82) is 0 Å². The van der Waals surface area contributed by atoms with Crippen LogP contribution in [0.4, 0.5) is 0 Å². The number of rotatable bonds is 5. The van der Waals surface area contributed by atoms with Crippen molar-refractivity contribution in [1.82, 2.24) is 0 Å². The monoisotopic (exact) mass is 210 g/mol. The summed E-state index contributed by atoms with van der Waals surface area (Å²) in [7, 11) is 0. The highest BCUT2D eigenvalue weighted by molar-refractivity contribution is 5.83. The molecule has 0 saturated carbocycles. The first-order valence-corrected chi connectivity index (χ1v) is 5.51. The number of allylic oxidation sites excluding steroid dienone is 1. The number of aliphatic carboxylic acids is 1. The zero-order valence-corrected chi connectivity index (χ0v) is 9.38. The lowest BCUT2D eigenvalue weighted by Crippen LogP contribution is -2.13. The first-order valence-electron chi connectivity index (χ1n) is 5.51. The van der Waals surface area contributed by atoms with Gasteiger partial charge in [-0.15, -0.1) is 0 Å². The number of carboxylic acid groups (broad SMARTS) is 1. The van der Waals surface area contributed by atoms with Gasteiger partial charge < -0.3 is 5.11 Å². The molecular formula is C12H18O3. The molecule has 15 heavy (non-hydrogen) atoms. The van der Waals surface area contributed by atoms with E-state index in [-0.39, 0.29) is 18.1 Å². The molecule has 0 radical (unpaired) electrons. The summed E-state index contributed by atoms with van der Waals surface area (Å²) in [6, 6.07) is 0. The average Bonchev–Trinajstić information content (AvgIpc) is 2.62. The zero-order chi connectivity index (χ0) is 11.4. The number of carboxylic acids is 1. The summed E-state index contributed by atoms with van der Waals surface area (Å²) in [5.74, 6) is -0.651. The van der Waals surface area contributed by atoms with Gasteiger partial charge in [-0.05, 0) is 19.3 Å². The van der Waals surface area contributed by atoms with Gasteiger partial charge in [0.25, 0.3) is 0 Å². The number of carbonyl (C=O) groups is 2. The fourth-order valence-corrected chi connectivity index (χ4v) is 2.24. The molecule has 0 amide bonds. The molecule has 1 aliphatic carbocycles. The minimum Gasteiger partial charge on any atom is -0.481 e. The van der Waals surface area contributed by atoms with Crippen LogP contribution in [0, 0.1) is 5.92 Å². The molecule has 1 aliphatic rings. The third-order valence-electron chi connectivity index (χ3n) is 3.10. The van der Waals surface area contributed by atoms with Gasteiger partial charge in [-0.25, -0.2) is 0 Å². The molecule has 0 aromatic rings. The van der Waals surface area contributed by atoms with Gasteiger partial charge in [-0.3, -0.25) is 9.59 Å². The molecule has 84 valence electrons. The number of Topliss-reactive ketones (excluding diaryl/α,β-unsaturated/α-hetero) is 1. The summed E-state index contributed by atoms with van der Waals surface area (Å²) in [6.45, 7) is 3.75. The van der Waals surface area contributed by atoms with Crippen LogP contribution in [0.2, 0.25) is 0 Å². The first-order chi connectivity index (χ1) is 7.06. The highest BCUT2D eigenvalue weighted by atomic mass is 16.4. The molecule has 1 atom stereocenters. The van der Waals surface area contributed by atoms with Crippen LogP contribution in [0.1, 0.15) is 46.0 Å². The molecule has 0 aromatic heterocycles. The van der Waals surface area contributed by atoms with Gasteiger partial charge in [-0.1, -0.05) is 25.0 Å². The van der Waals surface area contributed by atoms with Crippen molar-refractivity contribution in [2.24, 2.45) is 5.92 Å². The molecule has 1 rings (SSSR count). The van der Waals surface area contributed by atoms with E-state index in [2.05, 4.69) is 0 Å². The normalized spacial score (nSPS) is 18.0. The van der Waals surface area contributed by atoms with Crippen molar-refractivity contribution in [3.05, 3.63) is 11.1 Å². The van der Waals surface area contributed by atoms with Crippen molar-refractivity contribution in [3.8, 4) is 0 Å².